The summed E-state index contributed by atoms with van der Waals surface area (Å²) in [5, 5.41) is 0.505. The number of rotatable bonds is 3. The number of likely N-dealkylation sites (tertiary alicyclic amines) is 1. The molecule has 1 aliphatic heterocycles. The number of ether oxygens (including phenoxy) is 1. The number of hydrogen-bond donors (Lipinski definition) is 0. The van der Waals surface area contributed by atoms with Crippen molar-refractivity contribution in [1.82, 2.24) is 14.9 Å². The van der Waals surface area contributed by atoms with Crippen LogP contribution in [0.4, 0.5) is 0 Å². The summed E-state index contributed by atoms with van der Waals surface area (Å²) in [5.41, 5.74) is 1.84. The second-order valence-electron chi connectivity index (χ2n) is 5.75. The van der Waals surface area contributed by atoms with Crippen LogP contribution in [-0.2, 0) is 0 Å². The predicted molar refractivity (Wildman–Crippen MR) is 93.4 cm³/mol. The molecule has 3 heterocycles. The van der Waals surface area contributed by atoms with E-state index in [9.17, 15) is 4.79 Å². The number of pyridine rings is 1. The van der Waals surface area contributed by atoms with E-state index in [2.05, 4.69) is 9.97 Å². The normalized spacial score (nSPS) is 17.4. The fourth-order valence-electron chi connectivity index (χ4n) is 3.26. The Morgan fingerprint density at radius 3 is 3.00 bits per heavy atom. The maximum Gasteiger partial charge on any atom is 0.283 e. The molecule has 1 fully saturated rings. The van der Waals surface area contributed by atoms with Crippen molar-refractivity contribution in [3.05, 3.63) is 53.2 Å². The molecule has 122 valence electrons. The average Bonchev–Trinajstić information content (AvgIpc) is 3.27. The quantitative estimate of drug-likeness (QED) is 0.730. The Bertz CT molecular complexity index is 860. The number of carbonyl (C=O) groups excluding carboxylic acids is 1. The van der Waals surface area contributed by atoms with Gasteiger partial charge in [-0.2, -0.15) is 0 Å². The van der Waals surface area contributed by atoms with Gasteiger partial charge in [-0.15, -0.1) is 0 Å². The van der Waals surface area contributed by atoms with Gasteiger partial charge in [0.25, 0.3) is 5.91 Å². The van der Waals surface area contributed by atoms with Crippen LogP contribution in [0.2, 0.25) is 0 Å². The molecule has 6 heteroatoms. The maximum absolute atomic E-state index is 13.0. The second kappa shape index (κ2) is 6.20. The topological polar surface area (TPSA) is 55.3 Å². The van der Waals surface area contributed by atoms with Gasteiger partial charge in [-0.05, 0) is 31.0 Å². The van der Waals surface area contributed by atoms with Crippen LogP contribution in [0.15, 0.2) is 42.6 Å². The van der Waals surface area contributed by atoms with E-state index in [1.165, 1.54) is 11.3 Å². The van der Waals surface area contributed by atoms with Crippen molar-refractivity contribution in [2.75, 3.05) is 13.7 Å². The van der Waals surface area contributed by atoms with Crippen LogP contribution in [0.1, 0.15) is 34.2 Å². The molecule has 1 aromatic carbocycles. The lowest BCUT2D eigenvalue weighted by Crippen LogP contribution is -2.30. The highest BCUT2D eigenvalue weighted by molar-refractivity contribution is 7.19. The number of fused-ring (bicyclic) bond motifs is 1. The maximum atomic E-state index is 13.0. The number of para-hydroxylation sites is 1. The monoisotopic (exact) mass is 339 g/mol. The van der Waals surface area contributed by atoms with E-state index in [0.717, 1.165) is 41.0 Å². The third kappa shape index (κ3) is 2.53. The molecule has 0 N–H and O–H groups in total. The Labute approximate surface area is 143 Å². The van der Waals surface area contributed by atoms with Crippen LogP contribution < -0.4 is 4.74 Å². The van der Waals surface area contributed by atoms with Gasteiger partial charge < -0.3 is 9.64 Å². The minimum Gasteiger partial charge on any atom is -0.496 e. The van der Waals surface area contributed by atoms with Gasteiger partial charge in [0.05, 0.1) is 13.2 Å². The minimum atomic E-state index is -0.0218. The minimum absolute atomic E-state index is 0.0218. The highest BCUT2D eigenvalue weighted by atomic mass is 32.1. The molecular weight excluding hydrogens is 322 g/mol. The van der Waals surface area contributed by atoms with E-state index in [4.69, 9.17) is 4.74 Å². The number of methoxy groups -OCH3 is 1. The van der Waals surface area contributed by atoms with Crippen molar-refractivity contribution in [3.8, 4) is 5.75 Å². The molecule has 0 spiro atoms. The Morgan fingerprint density at radius 2 is 2.17 bits per heavy atom. The summed E-state index contributed by atoms with van der Waals surface area (Å²) in [6.07, 6.45) is 3.65. The van der Waals surface area contributed by atoms with Crippen LogP contribution >= 0.6 is 11.3 Å². The summed E-state index contributed by atoms with van der Waals surface area (Å²) in [7, 11) is 1.67. The summed E-state index contributed by atoms with van der Waals surface area (Å²) < 4.78 is 5.48. The molecule has 3 aromatic rings. The molecule has 24 heavy (non-hydrogen) atoms. The third-order valence-electron chi connectivity index (χ3n) is 4.36. The number of amides is 1. The van der Waals surface area contributed by atoms with Gasteiger partial charge in [-0.25, -0.2) is 9.97 Å². The largest absolute Gasteiger partial charge is 0.496 e. The first-order valence-electron chi connectivity index (χ1n) is 7.93. The van der Waals surface area contributed by atoms with Gasteiger partial charge in [0.1, 0.15) is 16.1 Å². The summed E-state index contributed by atoms with van der Waals surface area (Å²) in [6, 6.07) is 11.7. The van der Waals surface area contributed by atoms with Gasteiger partial charge >= 0.3 is 0 Å². The first-order chi connectivity index (χ1) is 11.8. The number of nitrogens with zero attached hydrogens (tertiary/aromatic N) is 3. The van der Waals surface area contributed by atoms with Crippen molar-refractivity contribution in [1.29, 1.82) is 0 Å². The van der Waals surface area contributed by atoms with Crippen molar-refractivity contribution in [3.63, 3.8) is 0 Å². The second-order valence-corrected chi connectivity index (χ2v) is 6.72. The molecule has 0 radical (unpaired) electrons. The van der Waals surface area contributed by atoms with Crippen LogP contribution in [0.5, 0.6) is 5.75 Å². The van der Waals surface area contributed by atoms with E-state index < -0.39 is 0 Å². The number of thiazole rings is 1. The Kier molecular flexibility index (Phi) is 3.90. The molecule has 0 bridgehead atoms. The molecule has 1 saturated heterocycles. The van der Waals surface area contributed by atoms with Gasteiger partial charge in [0.15, 0.2) is 5.01 Å². The molecular formula is C18H17N3O2S. The van der Waals surface area contributed by atoms with Crippen LogP contribution in [0.25, 0.3) is 10.3 Å². The zero-order valence-electron chi connectivity index (χ0n) is 13.3. The molecule has 0 saturated carbocycles. The lowest BCUT2D eigenvalue weighted by Gasteiger charge is -2.25. The van der Waals surface area contributed by atoms with E-state index in [-0.39, 0.29) is 11.9 Å². The fourth-order valence-corrected chi connectivity index (χ4v) is 4.12. The van der Waals surface area contributed by atoms with Crippen LogP contribution in [-0.4, -0.2) is 34.4 Å². The highest BCUT2D eigenvalue weighted by Gasteiger charge is 2.33. The zero-order valence-corrected chi connectivity index (χ0v) is 14.1. The Hall–Kier alpha value is -2.47. The fraction of sp³-hybridized carbons (Fsp3) is 0.278. The Balaban J connectivity index is 1.68. The van der Waals surface area contributed by atoms with E-state index in [0.29, 0.717) is 5.01 Å². The molecule has 2 aromatic heterocycles. The number of carbonyl (C=O) groups is 1. The molecule has 1 amide bonds. The number of aromatic nitrogens is 2. The molecule has 1 aliphatic rings. The van der Waals surface area contributed by atoms with E-state index in [1.54, 1.807) is 13.3 Å². The smallest absolute Gasteiger partial charge is 0.283 e. The SMILES string of the molecule is COc1ccccc1C1CCCN1C(=O)c1nc2cccnc2s1. The van der Waals surface area contributed by atoms with Crippen molar-refractivity contribution in [2.45, 2.75) is 18.9 Å². The standard InChI is InChI=1S/C18H17N3O2S/c1-23-15-9-3-2-6-12(15)14-8-5-11-21(14)18(22)17-20-13-7-4-10-19-16(13)24-17/h2-4,6-7,9-10,14H,5,8,11H2,1H3. The van der Waals surface area contributed by atoms with Crippen LogP contribution in [0, 0.1) is 0 Å². The van der Waals surface area contributed by atoms with Gasteiger partial charge in [-0.3, -0.25) is 4.79 Å². The number of benzene rings is 1. The lowest BCUT2D eigenvalue weighted by molar-refractivity contribution is 0.0734. The summed E-state index contributed by atoms with van der Waals surface area (Å²) >= 11 is 1.35. The molecule has 1 unspecified atom stereocenters. The zero-order chi connectivity index (χ0) is 16.5. The summed E-state index contributed by atoms with van der Waals surface area (Å²) in [6.45, 7) is 0.741. The third-order valence-corrected chi connectivity index (χ3v) is 5.33. The summed E-state index contributed by atoms with van der Waals surface area (Å²) in [4.78, 5) is 24.5. The lowest BCUT2D eigenvalue weighted by atomic mass is 10.0. The van der Waals surface area contributed by atoms with Crippen molar-refractivity contribution < 1.29 is 9.53 Å². The van der Waals surface area contributed by atoms with Crippen LogP contribution in [0.3, 0.4) is 0 Å². The Morgan fingerprint density at radius 1 is 1.29 bits per heavy atom. The number of hydrogen-bond acceptors (Lipinski definition) is 5. The molecule has 1 atom stereocenters. The van der Waals surface area contributed by atoms with E-state index >= 15 is 0 Å². The molecule has 4 rings (SSSR count). The highest BCUT2D eigenvalue weighted by Crippen LogP contribution is 2.38. The molecule has 5 nitrogen and oxygen atoms in total. The average molecular weight is 339 g/mol. The molecule has 0 aliphatic carbocycles. The van der Waals surface area contributed by atoms with Gasteiger partial charge in [-0.1, -0.05) is 29.5 Å². The summed E-state index contributed by atoms with van der Waals surface area (Å²) in [5.74, 6) is 0.805. The first-order valence-corrected chi connectivity index (χ1v) is 8.75. The van der Waals surface area contributed by atoms with Gasteiger partial charge in [0.2, 0.25) is 0 Å². The first kappa shape index (κ1) is 15.1. The van der Waals surface area contributed by atoms with Gasteiger partial charge in [0, 0.05) is 18.3 Å². The van der Waals surface area contributed by atoms with E-state index in [1.807, 2.05) is 41.3 Å². The van der Waals surface area contributed by atoms with Crippen molar-refractivity contribution >= 4 is 27.6 Å². The predicted octanol–water partition coefficient (Wildman–Crippen LogP) is 3.68. The van der Waals surface area contributed by atoms with Crippen molar-refractivity contribution in [2.24, 2.45) is 0 Å².